The normalized spacial score (nSPS) is 26.6. The zero-order valence-corrected chi connectivity index (χ0v) is 8.62. The highest BCUT2D eigenvalue weighted by Crippen LogP contribution is 2.46. The lowest BCUT2D eigenvalue weighted by atomic mass is 9.78. The molecular weight excluding hydrogens is 172 g/mol. The van der Waals surface area contributed by atoms with Gasteiger partial charge in [0.1, 0.15) is 0 Å². The maximum atomic E-state index is 11.1. The van der Waals surface area contributed by atoms with Crippen LogP contribution in [0.2, 0.25) is 0 Å². The Morgan fingerprint density at radius 1 is 1.43 bits per heavy atom. The minimum atomic E-state index is 0.101. The van der Waals surface area contributed by atoms with Crippen LogP contribution in [-0.4, -0.2) is 5.78 Å². The molecule has 1 spiro atoms. The van der Waals surface area contributed by atoms with Gasteiger partial charge in [-0.3, -0.25) is 4.79 Å². The second-order valence-electron chi connectivity index (χ2n) is 4.10. The van der Waals surface area contributed by atoms with Crippen LogP contribution in [-0.2, 0) is 4.79 Å². The van der Waals surface area contributed by atoms with Gasteiger partial charge in [0.05, 0.1) is 0 Å². The van der Waals surface area contributed by atoms with Crippen LogP contribution in [0.5, 0.6) is 0 Å². The first-order chi connectivity index (χ1) is 6.77. The van der Waals surface area contributed by atoms with Crippen LogP contribution < -0.4 is 0 Å². The van der Waals surface area contributed by atoms with Crippen molar-refractivity contribution in [2.45, 2.75) is 32.6 Å². The molecule has 0 atom stereocenters. The molecule has 2 rings (SSSR count). The van der Waals surface area contributed by atoms with E-state index in [1.54, 1.807) is 12.2 Å². The molecule has 0 bridgehead atoms. The summed E-state index contributed by atoms with van der Waals surface area (Å²) in [7, 11) is 0. The molecule has 0 aromatic heterocycles. The van der Waals surface area contributed by atoms with Crippen LogP contribution in [0.15, 0.2) is 36.0 Å². The highest BCUT2D eigenvalue weighted by molar-refractivity contribution is 6.00. The van der Waals surface area contributed by atoms with Gasteiger partial charge >= 0.3 is 0 Å². The van der Waals surface area contributed by atoms with Crippen molar-refractivity contribution in [1.29, 1.82) is 0 Å². The lowest BCUT2D eigenvalue weighted by Crippen LogP contribution is -2.16. The molecule has 1 nitrogen and oxygen atoms in total. The Hall–Kier alpha value is -1.11. The lowest BCUT2D eigenvalue weighted by Gasteiger charge is -2.25. The highest BCUT2D eigenvalue weighted by Gasteiger charge is 2.34. The smallest absolute Gasteiger partial charge is 0.178 e. The summed E-state index contributed by atoms with van der Waals surface area (Å²) in [6.45, 7) is 2.17. The summed E-state index contributed by atoms with van der Waals surface area (Å²) >= 11 is 0. The fourth-order valence-corrected chi connectivity index (χ4v) is 2.46. The molecule has 14 heavy (non-hydrogen) atoms. The summed E-state index contributed by atoms with van der Waals surface area (Å²) in [6.07, 6.45) is 14.6. The van der Waals surface area contributed by atoms with E-state index in [4.69, 9.17) is 0 Å². The van der Waals surface area contributed by atoms with Crippen molar-refractivity contribution in [2.24, 2.45) is 5.41 Å². The van der Waals surface area contributed by atoms with Crippen LogP contribution in [0.4, 0.5) is 0 Å². The minimum absolute atomic E-state index is 0.101. The predicted molar refractivity (Wildman–Crippen MR) is 57.9 cm³/mol. The molecule has 1 saturated carbocycles. The summed E-state index contributed by atoms with van der Waals surface area (Å²) in [5.74, 6) is 0.123. The molecule has 1 fully saturated rings. The molecule has 0 heterocycles. The van der Waals surface area contributed by atoms with E-state index < -0.39 is 0 Å². The van der Waals surface area contributed by atoms with E-state index in [1.165, 1.54) is 24.8 Å². The van der Waals surface area contributed by atoms with E-state index in [2.05, 4.69) is 25.2 Å². The third-order valence-electron chi connectivity index (χ3n) is 3.17. The van der Waals surface area contributed by atoms with Crippen LogP contribution in [0.25, 0.3) is 0 Å². The van der Waals surface area contributed by atoms with Crippen molar-refractivity contribution in [1.82, 2.24) is 0 Å². The summed E-state index contributed by atoms with van der Waals surface area (Å²) < 4.78 is 0. The molecule has 2 aliphatic carbocycles. The monoisotopic (exact) mass is 188 g/mol. The molecule has 74 valence electrons. The number of hydrogen-bond acceptors (Lipinski definition) is 1. The van der Waals surface area contributed by atoms with Crippen LogP contribution in [0, 0.1) is 5.41 Å². The predicted octanol–water partition coefficient (Wildman–Crippen LogP) is 3.19. The Bertz CT molecular complexity index is 315. The Morgan fingerprint density at radius 3 is 2.79 bits per heavy atom. The molecule has 0 aliphatic heterocycles. The highest BCUT2D eigenvalue weighted by atomic mass is 16.1. The van der Waals surface area contributed by atoms with Gasteiger partial charge in [0, 0.05) is 5.41 Å². The standard InChI is InChI=1S/C13H16O/c1-2-4-11-5-3-8-13(11)9-6-12(14)7-10-13/h4,6-7,9-10H,2-3,5,8H2,1H3/b11-4+. The summed E-state index contributed by atoms with van der Waals surface area (Å²) in [6, 6.07) is 0. The van der Waals surface area contributed by atoms with Gasteiger partial charge in [0.25, 0.3) is 0 Å². The van der Waals surface area contributed by atoms with Crippen LogP contribution in [0.3, 0.4) is 0 Å². The van der Waals surface area contributed by atoms with Crippen molar-refractivity contribution < 1.29 is 4.79 Å². The second-order valence-corrected chi connectivity index (χ2v) is 4.10. The van der Waals surface area contributed by atoms with E-state index in [-0.39, 0.29) is 11.2 Å². The van der Waals surface area contributed by atoms with E-state index in [1.807, 2.05) is 0 Å². The number of allylic oxidation sites excluding steroid dienone is 6. The number of ketones is 1. The maximum absolute atomic E-state index is 11.1. The number of carbonyl (C=O) groups is 1. The molecule has 0 aromatic rings. The van der Waals surface area contributed by atoms with Gasteiger partial charge in [-0.25, -0.2) is 0 Å². The fourth-order valence-electron chi connectivity index (χ4n) is 2.46. The van der Waals surface area contributed by atoms with Crippen molar-refractivity contribution in [3.05, 3.63) is 36.0 Å². The molecule has 0 aromatic carbocycles. The first-order valence-electron chi connectivity index (χ1n) is 5.39. The van der Waals surface area contributed by atoms with Gasteiger partial charge in [-0.15, -0.1) is 0 Å². The zero-order chi connectivity index (χ0) is 10.0. The van der Waals surface area contributed by atoms with E-state index in [0.29, 0.717) is 0 Å². The van der Waals surface area contributed by atoms with Gasteiger partial charge in [0.2, 0.25) is 0 Å². The van der Waals surface area contributed by atoms with Gasteiger partial charge in [-0.05, 0) is 37.8 Å². The quantitative estimate of drug-likeness (QED) is 0.577. The van der Waals surface area contributed by atoms with Gasteiger partial charge in [-0.1, -0.05) is 30.7 Å². The Kier molecular flexibility index (Phi) is 2.40. The molecule has 0 N–H and O–H groups in total. The second kappa shape index (κ2) is 3.56. The summed E-state index contributed by atoms with van der Waals surface area (Å²) in [5, 5.41) is 0. The molecule has 0 radical (unpaired) electrons. The molecule has 2 aliphatic rings. The lowest BCUT2D eigenvalue weighted by molar-refractivity contribution is -0.110. The third kappa shape index (κ3) is 1.47. The van der Waals surface area contributed by atoms with E-state index >= 15 is 0 Å². The zero-order valence-electron chi connectivity index (χ0n) is 8.62. The topological polar surface area (TPSA) is 17.1 Å². The molecule has 1 heteroatoms. The molecule has 0 saturated heterocycles. The first kappa shape index (κ1) is 9.45. The minimum Gasteiger partial charge on any atom is -0.290 e. The number of hydrogen-bond donors (Lipinski definition) is 0. The van der Waals surface area contributed by atoms with E-state index in [9.17, 15) is 4.79 Å². The summed E-state index contributed by atoms with van der Waals surface area (Å²) in [4.78, 5) is 11.1. The Morgan fingerprint density at radius 2 is 2.14 bits per heavy atom. The number of rotatable bonds is 1. The first-order valence-corrected chi connectivity index (χ1v) is 5.39. The molecule has 0 unspecified atom stereocenters. The van der Waals surface area contributed by atoms with Gasteiger partial charge in [-0.2, -0.15) is 0 Å². The van der Waals surface area contributed by atoms with Crippen molar-refractivity contribution in [3.8, 4) is 0 Å². The Labute approximate surface area is 85.2 Å². The van der Waals surface area contributed by atoms with Gasteiger partial charge in [0.15, 0.2) is 5.78 Å². The SMILES string of the molecule is CC/C=C1\CCCC12C=CC(=O)C=C2. The fraction of sp³-hybridized carbons (Fsp3) is 0.462. The van der Waals surface area contributed by atoms with Crippen LogP contribution in [0.1, 0.15) is 32.6 Å². The number of carbonyl (C=O) groups excluding carboxylic acids is 1. The molecular formula is C13H16O. The van der Waals surface area contributed by atoms with Crippen molar-refractivity contribution in [3.63, 3.8) is 0 Å². The van der Waals surface area contributed by atoms with Crippen LogP contribution >= 0.6 is 0 Å². The van der Waals surface area contributed by atoms with Crippen molar-refractivity contribution in [2.75, 3.05) is 0 Å². The van der Waals surface area contributed by atoms with Gasteiger partial charge < -0.3 is 0 Å². The Balaban J connectivity index is 2.32. The molecule has 0 amide bonds. The van der Waals surface area contributed by atoms with E-state index in [0.717, 1.165) is 6.42 Å². The summed E-state index contributed by atoms with van der Waals surface area (Å²) in [5.41, 5.74) is 1.60. The average Bonchev–Trinajstić information content (AvgIpc) is 2.56. The maximum Gasteiger partial charge on any atom is 0.178 e. The van der Waals surface area contributed by atoms with Crippen molar-refractivity contribution >= 4 is 5.78 Å². The average molecular weight is 188 g/mol. The third-order valence-corrected chi connectivity index (χ3v) is 3.17. The largest absolute Gasteiger partial charge is 0.290 e.